The van der Waals surface area contributed by atoms with Crippen molar-refractivity contribution in [1.82, 2.24) is 0 Å². The summed E-state index contributed by atoms with van der Waals surface area (Å²) < 4.78 is 11.7. The number of halogens is 3. The number of hydrogen-bond donors (Lipinski definition) is 1. The SMILES string of the molecule is OCC(F)C(Cl)Cl. The summed E-state index contributed by atoms with van der Waals surface area (Å²) in [5.41, 5.74) is 0. The van der Waals surface area contributed by atoms with E-state index in [1.165, 1.54) is 0 Å². The average Bonchev–Trinajstić information content (AvgIpc) is 1.65. The molecule has 7 heavy (non-hydrogen) atoms. The maximum absolute atomic E-state index is 11.7. The molecule has 0 heterocycles. The van der Waals surface area contributed by atoms with E-state index < -0.39 is 17.6 Å². The molecule has 0 aliphatic rings. The van der Waals surface area contributed by atoms with E-state index in [2.05, 4.69) is 0 Å². The molecule has 0 aliphatic heterocycles. The third-order valence-electron chi connectivity index (χ3n) is 0.448. The summed E-state index contributed by atoms with van der Waals surface area (Å²) in [6.07, 6.45) is -1.51. The van der Waals surface area contributed by atoms with Crippen LogP contribution in [0.1, 0.15) is 0 Å². The highest BCUT2D eigenvalue weighted by atomic mass is 35.5. The molecule has 0 amide bonds. The van der Waals surface area contributed by atoms with Crippen LogP contribution in [0, 0.1) is 0 Å². The number of alkyl halides is 3. The van der Waals surface area contributed by atoms with Gasteiger partial charge in [0.25, 0.3) is 0 Å². The monoisotopic (exact) mass is 146 g/mol. The third-order valence-corrected chi connectivity index (χ3v) is 0.995. The van der Waals surface area contributed by atoms with E-state index in [0.29, 0.717) is 0 Å². The molecule has 0 aromatic carbocycles. The molecule has 0 radical (unpaired) electrons. The van der Waals surface area contributed by atoms with E-state index in [0.717, 1.165) is 0 Å². The molecule has 1 unspecified atom stereocenters. The molecule has 0 bridgehead atoms. The molecule has 0 saturated carbocycles. The van der Waals surface area contributed by atoms with Crippen LogP contribution in [0.25, 0.3) is 0 Å². The molecular formula is C3H5Cl2FO. The topological polar surface area (TPSA) is 20.2 Å². The predicted octanol–water partition coefficient (Wildman–Crippen LogP) is 1.12. The van der Waals surface area contributed by atoms with E-state index in [1.54, 1.807) is 0 Å². The predicted molar refractivity (Wildman–Crippen MR) is 27.5 cm³/mol. The van der Waals surface area contributed by atoms with E-state index in [4.69, 9.17) is 28.3 Å². The van der Waals surface area contributed by atoms with Crippen LogP contribution in [0.5, 0.6) is 0 Å². The minimum atomic E-state index is -1.51. The molecule has 0 aromatic rings. The number of aliphatic hydroxyl groups excluding tert-OH is 1. The summed E-state index contributed by atoms with van der Waals surface area (Å²) in [7, 11) is 0. The van der Waals surface area contributed by atoms with Gasteiger partial charge in [-0.25, -0.2) is 4.39 Å². The molecule has 0 aromatic heterocycles. The third kappa shape index (κ3) is 3.09. The first-order valence-corrected chi connectivity index (χ1v) is 2.59. The Morgan fingerprint density at radius 2 is 2.00 bits per heavy atom. The molecule has 1 N–H and O–H groups in total. The summed E-state index contributed by atoms with van der Waals surface area (Å²) >= 11 is 9.92. The minimum absolute atomic E-state index is 0.613. The fourth-order valence-electron chi connectivity index (χ4n) is 0.0797. The lowest BCUT2D eigenvalue weighted by Gasteiger charge is -2.01. The summed E-state index contributed by atoms with van der Waals surface area (Å²) in [5, 5.41) is 7.96. The zero-order valence-electron chi connectivity index (χ0n) is 3.44. The first-order valence-electron chi connectivity index (χ1n) is 1.71. The van der Waals surface area contributed by atoms with Gasteiger partial charge in [-0.2, -0.15) is 0 Å². The van der Waals surface area contributed by atoms with Gasteiger partial charge in [-0.3, -0.25) is 0 Å². The maximum atomic E-state index is 11.7. The van der Waals surface area contributed by atoms with E-state index in [1.807, 2.05) is 0 Å². The maximum Gasteiger partial charge on any atom is 0.153 e. The molecule has 0 fully saturated rings. The second kappa shape index (κ2) is 3.47. The van der Waals surface area contributed by atoms with Crippen molar-refractivity contribution in [3.63, 3.8) is 0 Å². The van der Waals surface area contributed by atoms with E-state index in [-0.39, 0.29) is 0 Å². The largest absolute Gasteiger partial charge is 0.393 e. The Labute approximate surface area is 51.0 Å². The molecule has 0 aliphatic carbocycles. The van der Waals surface area contributed by atoms with Crippen LogP contribution < -0.4 is 0 Å². The van der Waals surface area contributed by atoms with Gasteiger partial charge in [0, 0.05) is 0 Å². The van der Waals surface area contributed by atoms with Gasteiger partial charge in [-0.05, 0) is 0 Å². The van der Waals surface area contributed by atoms with Crippen molar-refractivity contribution in [3.05, 3.63) is 0 Å². The van der Waals surface area contributed by atoms with Crippen molar-refractivity contribution in [2.24, 2.45) is 0 Å². The number of rotatable bonds is 2. The van der Waals surface area contributed by atoms with Crippen LogP contribution in [-0.4, -0.2) is 22.7 Å². The molecule has 0 saturated heterocycles. The molecule has 0 rings (SSSR count). The first-order chi connectivity index (χ1) is 3.18. The van der Waals surface area contributed by atoms with Crippen LogP contribution in [0.15, 0.2) is 0 Å². The Balaban J connectivity index is 3.14. The zero-order chi connectivity index (χ0) is 5.86. The second-order valence-electron chi connectivity index (χ2n) is 1.03. The summed E-state index contributed by atoms with van der Waals surface area (Å²) in [4.78, 5) is -1.11. The van der Waals surface area contributed by atoms with Gasteiger partial charge in [0.05, 0.1) is 6.61 Å². The molecule has 1 nitrogen and oxygen atoms in total. The Morgan fingerprint density at radius 3 is 2.00 bits per heavy atom. The van der Waals surface area contributed by atoms with E-state index >= 15 is 0 Å². The normalized spacial score (nSPS) is 15.0. The lowest BCUT2D eigenvalue weighted by Crippen LogP contribution is -2.13. The Kier molecular flexibility index (Phi) is 3.70. The van der Waals surface area contributed by atoms with Gasteiger partial charge in [-0.15, -0.1) is 23.2 Å². The summed E-state index contributed by atoms with van der Waals surface area (Å²) in [5.74, 6) is 0. The van der Waals surface area contributed by atoms with Gasteiger partial charge < -0.3 is 5.11 Å². The Morgan fingerprint density at radius 1 is 1.57 bits per heavy atom. The van der Waals surface area contributed by atoms with Crippen molar-refractivity contribution >= 4 is 23.2 Å². The lowest BCUT2D eigenvalue weighted by atomic mass is 10.5. The first kappa shape index (κ1) is 7.47. The quantitative estimate of drug-likeness (QED) is 0.580. The van der Waals surface area contributed by atoms with Gasteiger partial charge in [0.2, 0.25) is 0 Å². The molecule has 4 heteroatoms. The highest BCUT2D eigenvalue weighted by molar-refractivity contribution is 6.44. The highest BCUT2D eigenvalue weighted by Crippen LogP contribution is 2.09. The standard InChI is InChI=1S/C3H5Cl2FO/c4-3(5)2(6)1-7/h2-3,7H,1H2. The number of hydrogen-bond acceptors (Lipinski definition) is 1. The summed E-state index contributed by atoms with van der Waals surface area (Å²) in [6, 6.07) is 0. The Hall–Kier alpha value is 0.470. The highest BCUT2D eigenvalue weighted by Gasteiger charge is 2.12. The minimum Gasteiger partial charge on any atom is -0.393 e. The number of aliphatic hydroxyl groups is 1. The fourth-order valence-corrected chi connectivity index (χ4v) is 0.239. The second-order valence-corrected chi connectivity index (χ2v) is 2.20. The van der Waals surface area contributed by atoms with Crippen molar-refractivity contribution in [2.45, 2.75) is 11.0 Å². The van der Waals surface area contributed by atoms with Crippen molar-refractivity contribution < 1.29 is 9.50 Å². The van der Waals surface area contributed by atoms with Gasteiger partial charge in [0.15, 0.2) is 6.17 Å². The molecule has 0 spiro atoms. The van der Waals surface area contributed by atoms with Crippen molar-refractivity contribution in [1.29, 1.82) is 0 Å². The molecule has 44 valence electrons. The zero-order valence-corrected chi connectivity index (χ0v) is 4.95. The van der Waals surface area contributed by atoms with Crippen LogP contribution in [0.4, 0.5) is 4.39 Å². The lowest BCUT2D eigenvalue weighted by molar-refractivity contribution is 0.187. The van der Waals surface area contributed by atoms with E-state index in [9.17, 15) is 4.39 Å². The smallest absolute Gasteiger partial charge is 0.153 e. The van der Waals surface area contributed by atoms with Crippen LogP contribution >= 0.6 is 23.2 Å². The van der Waals surface area contributed by atoms with Crippen molar-refractivity contribution in [3.8, 4) is 0 Å². The van der Waals surface area contributed by atoms with Gasteiger partial charge in [0.1, 0.15) is 4.84 Å². The Bertz CT molecular complexity index is 50.2. The summed E-state index contributed by atoms with van der Waals surface area (Å²) in [6.45, 7) is -0.613. The van der Waals surface area contributed by atoms with Gasteiger partial charge >= 0.3 is 0 Å². The fraction of sp³-hybridized carbons (Fsp3) is 1.00. The van der Waals surface area contributed by atoms with Crippen LogP contribution in [0.3, 0.4) is 0 Å². The van der Waals surface area contributed by atoms with Crippen molar-refractivity contribution in [2.75, 3.05) is 6.61 Å². The average molecular weight is 147 g/mol. The van der Waals surface area contributed by atoms with Gasteiger partial charge in [-0.1, -0.05) is 0 Å². The molecular weight excluding hydrogens is 142 g/mol. The van der Waals surface area contributed by atoms with Crippen LogP contribution in [-0.2, 0) is 0 Å². The van der Waals surface area contributed by atoms with Crippen LogP contribution in [0.2, 0.25) is 0 Å². The molecule has 1 atom stereocenters.